The zero-order valence-corrected chi connectivity index (χ0v) is 9.14. The van der Waals surface area contributed by atoms with E-state index in [2.05, 4.69) is 4.98 Å². The monoisotopic (exact) mass is 228 g/mol. The van der Waals surface area contributed by atoms with E-state index in [0.717, 1.165) is 0 Å². The lowest BCUT2D eigenvalue weighted by molar-refractivity contribution is 0.398. The van der Waals surface area contributed by atoms with Crippen molar-refractivity contribution >= 4 is 0 Å². The number of benzene rings is 1. The molecule has 0 bridgehead atoms. The maximum absolute atomic E-state index is 13.7. The van der Waals surface area contributed by atoms with E-state index in [1.165, 1.54) is 19.4 Å². The molecule has 3 nitrogen and oxygen atoms in total. The Morgan fingerprint density at radius 3 is 2.65 bits per heavy atom. The minimum atomic E-state index is -0.434. The molecule has 17 heavy (non-hydrogen) atoms. The van der Waals surface area contributed by atoms with Crippen LogP contribution in [-0.2, 0) is 0 Å². The second-order valence-electron chi connectivity index (χ2n) is 3.40. The predicted octanol–water partition coefficient (Wildman–Crippen LogP) is 2.77. The van der Waals surface area contributed by atoms with Crippen LogP contribution in [0.25, 0.3) is 11.1 Å². The van der Waals surface area contributed by atoms with Gasteiger partial charge in [0.05, 0.1) is 18.7 Å². The topological polar surface area (TPSA) is 45.9 Å². The summed E-state index contributed by atoms with van der Waals surface area (Å²) in [6, 6.07) is 9.61. The summed E-state index contributed by atoms with van der Waals surface area (Å²) in [5.74, 6) is 0.0406. The molecule has 84 valence electrons. The highest BCUT2D eigenvalue weighted by Crippen LogP contribution is 2.24. The predicted molar refractivity (Wildman–Crippen MR) is 60.9 cm³/mol. The summed E-state index contributed by atoms with van der Waals surface area (Å²) in [4.78, 5) is 4.00. The van der Waals surface area contributed by atoms with E-state index in [1.807, 2.05) is 6.07 Å². The number of halogens is 1. The van der Waals surface area contributed by atoms with Gasteiger partial charge >= 0.3 is 0 Å². The van der Waals surface area contributed by atoms with Gasteiger partial charge in [-0.05, 0) is 18.2 Å². The van der Waals surface area contributed by atoms with Crippen LogP contribution in [0.4, 0.5) is 4.39 Å². The number of rotatable bonds is 2. The lowest BCUT2D eigenvalue weighted by atomic mass is 10.1. The zero-order chi connectivity index (χ0) is 12.3. The highest BCUT2D eigenvalue weighted by Gasteiger charge is 2.06. The molecule has 1 heterocycles. The molecule has 0 saturated heterocycles. The van der Waals surface area contributed by atoms with Crippen LogP contribution in [0, 0.1) is 17.1 Å². The van der Waals surface area contributed by atoms with Crippen LogP contribution in [0.1, 0.15) is 5.56 Å². The van der Waals surface area contributed by atoms with E-state index in [4.69, 9.17) is 10.00 Å². The smallest absolute Gasteiger partial charge is 0.212 e. The van der Waals surface area contributed by atoms with Crippen molar-refractivity contribution < 1.29 is 9.13 Å². The van der Waals surface area contributed by atoms with Gasteiger partial charge in [-0.2, -0.15) is 5.26 Å². The molecule has 0 radical (unpaired) electrons. The van der Waals surface area contributed by atoms with Gasteiger partial charge in [-0.3, -0.25) is 0 Å². The van der Waals surface area contributed by atoms with Gasteiger partial charge in [0, 0.05) is 23.4 Å². The molecule has 0 amide bonds. The van der Waals surface area contributed by atoms with Gasteiger partial charge < -0.3 is 4.74 Å². The molecule has 0 atom stereocenters. The fourth-order valence-electron chi connectivity index (χ4n) is 1.48. The number of pyridine rings is 1. The van der Waals surface area contributed by atoms with Crippen LogP contribution in [0.3, 0.4) is 0 Å². The number of nitriles is 1. The van der Waals surface area contributed by atoms with Crippen molar-refractivity contribution in [3.8, 4) is 23.1 Å². The molecular formula is C13H9FN2O. The Labute approximate surface area is 98.1 Å². The van der Waals surface area contributed by atoms with Crippen molar-refractivity contribution in [3.05, 3.63) is 47.9 Å². The Hall–Kier alpha value is -2.41. The summed E-state index contributed by atoms with van der Waals surface area (Å²) in [6.45, 7) is 0. The van der Waals surface area contributed by atoms with Crippen molar-refractivity contribution in [1.29, 1.82) is 5.26 Å². The summed E-state index contributed by atoms with van der Waals surface area (Å²) in [5.41, 5.74) is 1.36. The van der Waals surface area contributed by atoms with Gasteiger partial charge in [0.25, 0.3) is 0 Å². The lowest BCUT2D eigenvalue weighted by Crippen LogP contribution is -1.90. The number of methoxy groups -OCH3 is 1. The highest BCUT2D eigenvalue weighted by atomic mass is 19.1. The summed E-state index contributed by atoms with van der Waals surface area (Å²) in [7, 11) is 1.52. The fraction of sp³-hybridized carbons (Fsp3) is 0.0769. The molecule has 0 aliphatic rings. The third kappa shape index (κ3) is 2.23. The summed E-state index contributed by atoms with van der Waals surface area (Å²) in [6.07, 6.45) is 1.53. The van der Waals surface area contributed by atoms with E-state index in [0.29, 0.717) is 22.6 Å². The van der Waals surface area contributed by atoms with Crippen LogP contribution >= 0.6 is 0 Å². The largest absolute Gasteiger partial charge is 0.481 e. The Balaban J connectivity index is 2.42. The molecule has 2 rings (SSSR count). The minimum absolute atomic E-state index is 0.299. The minimum Gasteiger partial charge on any atom is -0.481 e. The average Bonchev–Trinajstić information content (AvgIpc) is 2.39. The number of hydrogen-bond donors (Lipinski definition) is 0. The number of hydrogen-bond acceptors (Lipinski definition) is 3. The summed E-state index contributed by atoms with van der Waals surface area (Å²) >= 11 is 0. The first-order valence-electron chi connectivity index (χ1n) is 4.94. The van der Waals surface area contributed by atoms with Gasteiger partial charge in [-0.15, -0.1) is 0 Å². The van der Waals surface area contributed by atoms with Crippen LogP contribution in [-0.4, -0.2) is 12.1 Å². The standard InChI is InChI=1S/C13H9FN2O/c1-17-13-5-3-10(8-16-13)11-4-2-9(7-15)6-12(11)14/h2-6,8H,1H3. The number of aromatic nitrogens is 1. The molecular weight excluding hydrogens is 219 g/mol. The van der Waals surface area contributed by atoms with Gasteiger partial charge in [0.2, 0.25) is 5.88 Å². The van der Waals surface area contributed by atoms with Crippen LogP contribution in [0.5, 0.6) is 5.88 Å². The van der Waals surface area contributed by atoms with Crippen molar-refractivity contribution in [2.24, 2.45) is 0 Å². The SMILES string of the molecule is COc1ccc(-c2ccc(C#N)cc2F)cn1. The van der Waals surface area contributed by atoms with Crippen LogP contribution in [0.15, 0.2) is 36.5 Å². The number of nitrogens with zero attached hydrogens (tertiary/aromatic N) is 2. The van der Waals surface area contributed by atoms with E-state index in [-0.39, 0.29) is 0 Å². The molecule has 0 N–H and O–H groups in total. The molecule has 2 aromatic rings. The third-order valence-corrected chi connectivity index (χ3v) is 2.35. The van der Waals surface area contributed by atoms with E-state index < -0.39 is 5.82 Å². The normalized spacial score (nSPS) is 9.71. The first-order chi connectivity index (χ1) is 8.24. The average molecular weight is 228 g/mol. The molecule has 0 unspecified atom stereocenters. The van der Waals surface area contributed by atoms with Crippen molar-refractivity contribution in [2.75, 3.05) is 7.11 Å². The zero-order valence-electron chi connectivity index (χ0n) is 9.14. The van der Waals surface area contributed by atoms with E-state index in [9.17, 15) is 4.39 Å². The molecule has 1 aromatic heterocycles. The number of ether oxygens (including phenoxy) is 1. The first kappa shape index (κ1) is 11.1. The molecule has 0 spiro atoms. The Bertz CT molecular complexity index is 573. The second-order valence-corrected chi connectivity index (χ2v) is 3.40. The van der Waals surface area contributed by atoms with Gasteiger partial charge in [-0.25, -0.2) is 9.37 Å². The summed E-state index contributed by atoms with van der Waals surface area (Å²) < 4.78 is 18.6. The molecule has 4 heteroatoms. The quantitative estimate of drug-likeness (QED) is 0.793. The third-order valence-electron chi connectivity index (χ3n) is 2.35. The fourth-order valence-corrected chi connectivity index (χ4v) is 1.48. The first-order valence-corrected chi connectivity index (χ1v) is 4.94. The van der Waals surface area contributed by atoms with Crippen LogP contribution < -0.4 is 4.74 Å². The van der Waals surface area contributed by atoms with Gasteiger partial charge in [0.1, 0.15) is 5.82 Å². The summed E-state index contributed by atoms with van der Waals surface area (Å²) in [5, 5.41) is 8.65. The lowest BCUT2D eigenvalue weighted by Gasteiger charge is -2.04. The molecule has 0 fully saturated rings. The van der Waals surface area contributed by atoms with E-state index in [1.54, 1.807) is 24.3 Å². The highest BCUT2D eigenvalue weighted by molar-refractivity contribution is 5.64. The van der Waals surface area contributed by atoms with Crippen LogP contribution in [0.2, 0.25) is 0 Å². The Morgan fingerprint density at radius 1 is 1.29 bits per heavy atom. The van der Waals surface area contributed by atoms with Crippen molar-refractivity contribution in [1.82, 2.24) is 4.98 Å². The van der Waals surface area contributed by atoms with Gasteiger partial charge in [0.15, 0.2) is 0 Å². The van der Waals surface area contributed by atoms with E-state index >= 15 is 0 Å². The van der Waals surface area contributed by atoms with Gasteiger partial charge in [-0.1, -0.05) is 6.07 Å². The Morgan fingerprint density at radius 2 is 2.12 bits per heavy atom. The molecule has 0 aliphatic heterocycles. The van der Waals surface area contributed by atoms with Crippen molar-refractivity contribution in [3.63, 3.8) is 0 Å². The maximum Gasteiger partial charge on any atom is 0.212 e. The molecule has 0 saturated carbocycles. The Kier molecular flexibility index (Phi) is 3.01. The molecule has 0 aliphatic carbocycles. The maximum atomic E-state index is 13.7. The molecule has 1 aromatic carbocycles. The van der Waals surface area contributed by atoms with Crippen molar-refractivity contribution in [2.45, 2.75) is 0 Å². The second kappa shape index (κ2) is 4.62.